The third-order valence-electron chi connectivity index (χ3n) is 4.57. The van der Waals surface area contributed by atoms with Crippen molar-refractivity contribution in [1.82, 2.24) is 10.2 Å². The Hall–Kier alpha value is -1.16. The summed E-state index contributed by atoms with van der Waals surface area (Å²) in [6, 6.07) is 15.8. The van der Waals surface area contributed by atoms with Crippen LogP contribution in [0.4, 0.5) is 0 Å². The lowest BCUT2D eigenvalue weighted by Crippen LogP contribution is -2.60. The second-order valence-corrected chi connectivity index (χ2v) is 7.26. The van der Waals surface area contributed by atoms with Gasteiger partial charge >= 0.3 is 0 Å². The van der Waals surface area contributed by atoms with Crippen molar-refractivity contribution < 1.29 is 0 Å². The zero-order valence-electron chi connectivity index (χ0n) is 12.9. The number of hydrogen-bond donors (Lipinski definition) is 1. The van der Waals surface area contributed by atoms with E-state index in [0.717, 1.165) is 26.1 Å². The van der Waals surface area contributed by atoms with Crippen LogP contribution in [0.3, 0.4) is 0 Å². The minimum atomic E-state index is 0.0587. The van der Waals surface area contributed by atoms with Crippen LogP contribution < -0.4 is 5.32 Å². The normalized spacial score (nSPS) is 26.9. The maximum absolute atomic E-state index is 3.75. The van der Waals surface area contributed by atoms with Crippen LogP contribution in [-0.4, -0.2) is 30.6 Å². The topological polar surface area (TPSA) is 15.3 Å². The summed E-state index contributed by atoms with van der Waals surface area (Å²) in [6.45, 7) is 7.92. The van der Waals surface area contributed by atoms with Crippen LogP contribution in [0.1, 0.15) is 24.3 Å². The number of nitrogens with one attached hydrogen (secondary N) is 1. The monoisotopic (exact) mass is 300 g/mol. The van der Waals surface area contributed by atoms with Crippen LogP contribution in [0.15, 0.2) is 47.8 Å². The molecule has 2 heterocycles. The first kappa shape index (κ1) is 14.8. The van der Waals surface area contributed by atoms with E-state index in [2.05, 4.69) is 71.9 Å². The van der Waals surface area contributed by atoms with Gasteiger partial charge in [0.25, 0.3) is 0 Å². The molecule has 2 atom stereocenters. The molecule has 0 bridgehead atoms. The molecule has 21 heavy (non-hydrogen) atoms. The van der Waals surface area contributed by atoms with E-state index in [1.54, 1.807) is 0 Å². The number of benzene rings is 1. The highest BCUT2D eigenvalue weighted by Gasteiger charge is 2.34. The third kappa shape index (κ3) is 3.37. The Bertz CT molecular complexity index is 552. The van der Waals surface area contributed by atoms with Crippen LogP contribution in [0.25, 0.3) is 0 Å². The lowest BCUT2D eigenvalue weighted by molar-refractivity contribution is 0.0960. The highest BCUT2D eigenvalue weighted by Crippen LogP contribution is 2.26. The average Bonchev–Trinajstić information content (AvgIpc) is 3.03. The Morgan fingerprint density at radius 2 is 2.05 bits per heavy atom. The van der Waals surface area contributed by atoms with Crippen molar-refractivity contribution in [2.24, 2.45) is 0 Å². The summed E-state index contributed by atoms with van der Waals surface area (Å²) in [5.74, 6) is 0. The molecule has 2 unspecified atom stereocenters. The van der Waals surface area contributed by atoms with Crippen molar-refractivity contribution in [3.63, 3.8) is 0 Å². The summed E-state index contributed by atoms with van der Waals surface area (Å²) in [5, 5.41) is 5.92. The van der Waals surface area contributed by atoms with Crippen molar-refractivity contribution in [2.75, 3.05) is 19.6 Å². The van der Waals surface area contributed by atoms with Gasteiger partial charge in [0.2, 0.25) is 0 Å². The van der Waals surface area contributed by atoms with E-state index >= 15 is 0 Å². The molecule has 1 saturated heterocycles. The number of piperazine rings is 1. The molecule has 0 radical (unpaired) electrons. The number of nitrogens with zero attached hydrogens (tertiary/aromatic N) is 1. The molecule has 3 heteroatoms. The molecular formula is C18H24N2S. The van der Waals surface area contributed by atoms with Gasteiger partial charge in [-0.15, -0.1) is 11.3 Å². The van der Waals surface area contributed by atoms with Crippen LogP contribution in [0.5, 0.6) is 0 Å². The Morgan fingerprint density at radius 3 is 2.76 bits per heavy atom. The van der Waals surface area contributed by atoms with Crippen LogP contribution in [0.2, 0.25) is 0 Å². The van der Waals surface area contributed by atoms with E-state index in [1.807, 2.05) is 11.3 Å². The quantitative estimate of drug-likeness (QED) is 0.929. The van der Waals surface area contributed by atoms with Crippen molar-refractivity contribution in [2.45, 2.75) is 31.8 Å². The van der Waals surface area contributed by atoms with E-state index in [-0.39, 0.29) is 5.54 Å². The van der Waals surface area contributed by atoms with E-state index < -0.39 is 0 Å². The first-order valence-electron chi connectivity index (χ1n) is 7.74. The third-order valence-corrected chi connectivity index (χ3v) is 5.50. The first-order valence-corrected chi connectivity index (χ1v) is 8.62. The van der Waals surface area contributed by atoms with Gasteiger partial charge in [0.15, 0.2) is 0 Å². The van der Waals surface area contributed by atoms with Gasteiger partial charge in [0.1, 0.15) is 0 Å². The molecule has 2 aromatic rings. The standard InChI is InChI=1S/C18H24N2S/c1-15-13-19-18(2,16-7-4-3-5-8-16)14-20(15)11-10-17-9-6-12-21-17/h3-9,12,15,19H,10-11,13-14H2,1-2H3. The molecule has 1 aliphatic rings. The van der Waals surface area contributed by atoms with Gasteiger partial charge in [-0.25, -0.2) is 0 Å². The SMILES string of the molecule is CC1CNC(C)(c2ccccc2)CN1CCc1cccs1. The van der Waals surface area contributed by atoms with Crippen molar-refractivity contribution in [3.05, 3.63) is 58.3 Å². The lowest BCUT2D eigenvalue weighted by Gasteiger charge is -2.45. The first-order chi connectivity index (χ1) is 10.2. The van der Waals surface area contributed by atoms with Gasteiger partial charge in [0, 0.05) is 30.6 Å². The number of thiophene rings is 1. The van der Waals surface area contributed by atoms with Gasteiger partial charge in [-0.2, -0.15) is 0 Å². The predicted molar refractivity (Wildman–Crippen MR) is 90.9 cm³/mol. The summed E-state index contributed by atoms with van der Waals surface area (Å²) in [4.78, 5) is 4.12. The molecule has 3 rings (SSSR count). The number of hydrogen-bond acceptors (Lipinski definition) is 3. The Balaban J connectivity index is 1.69. The predicted octanol–water partition coefficient (Wildman–Crippen LogP) is 3.50. The Kier molecular flexibility index (Phi) is 4.43. The maximum Gasteiger partial charge on any atom is 0.0535 e. The van der Waals surface area contributed by atoms with Crippen LogP contribution >= 0.6 is 11.3 Å². The van der Waals surface area contributed by atoms with Crippen molar-refractivity contribution in [3.8, 4) is 0 Å². The minimum absolute atomic E-state index is 0.0587. The summed E-state index contributed by atoms with van der Waals surface area (Å²) in [7, 11) is 0. The van der Waals surface area contributed by atoms with Crippen molar-refractivity contribution >= 4 is 11.3 Å². The molecule has 1 N–H and O–H groups in total. The van der Waals surface area contributed by atoms with Crippen LogP contribution in [0, 0.1) is 0 Å². The lowest BCUT2D eigenvalue weighted by atomic mass is 9.88. The zero-order chi connectivity index (χ0) is 14.7. The molecule has 2 nitrogen and oxygen atoms in total. The molecular weight excluding hydrogens is 276 g/mol. The summed E-state index contributed by atoms with van der Waals surface area (Å²) in [6.07, 6.45) is 1.16. The number of rotatable bonds is 4. The van der Waals surface area contributed by atoms with Crippen molar-refractivity contribution in [1.29, 1.82) is 0 Å². The maximum atomic E-state index is 3.75. The molecule has 0 amide bonds. The van der Waals surface area contributed by atoms with Crippen LogP contribution in [-0.2, 0) is 12.0 Å². The molecule has 0 aliphatic carbocycles. The summed E-state index contributed by atoms with van der Waals surface area (Å²) in [5.41, 5.74) is 1.45. The molecule has 112 valence electrons. The Morgan fingerprint density at radius 1 is 1.24 bits per heavy atom. The van der Waals surface area contributed by atoms with Gasteiger partial charge in [-0.1, -0.05) is 36.4 Å². The van der Waals surface area contributed by atoms with Gasteiger partial charge in [0.05, 0.1) is 5.54 Å². The fraction of sp³-hybridized carbons (Fsp3) is 0.444. The molecule has 1 aliphatic heterocycles. The average molecular weight is 300 g/mol. The summed E-state index contributed by atoms with van der Waals surface area (Å²) < 4.78 is 0. The zero-order valence-corrected chi connectivity index (χ0v) is 13.7. The largest absolute Gasteiger partial charge is 0.305 e. The molecule has 0 saturated carbocycles. The molecule has 1 fully saturated rings. The van der Waals surface area contributed by atoms with E-state index in [0.29, 0.717) is 6.04 Å². The Labute approximate surface area is 131 Å². The second-order valence-electron chi connectivity index (χ2n) is 6.23. The van der Waals surface area contributed by atoms with E-state index in [9.17, 15) is 0 Å². The summed E-state index contributed by atoms with van der Waals surface area (Å²) >= 11 is 1.87. The van der Waals surface area contributed by atoms with E-state index in [1.165, 1.54) is 10.4 Å². The van der Waals surface area contributed by atoms with Gasteiger partial charge < -0.3 is 5.32 Å². The smallest absolute Gasteiger partial charge is 0.0535 e. The fourth-order valence-electron chi connectivity index (χ4n) is 3.13. The van der Waals surface area contributed by atoms with Gasteiger partial charge in [-0.05, 0) is 37.3 Å². The second kappa shape index (κ2) is 6.30. The highest BCUT2D eigenvalue weighted by molar-refractivity contribution is 7.09. The molecule has 1 aromatic carbocycles. The molecule has 0 spiro atoms. The minimum Gasteiger partial charge on any atom is -0.305 e. The molecule has 1 aromatic heterocycles. The van der Waals surface area contributed by atoms with E-state index in [4.69, 9.17) is 0 Å². The highest BCUT2D eigenvalue weighted by atomic mass is 32.1. The fourth-order valence-corrected chi connectivity index (χ4v) is 3.83. The van der Waals surface area contributed by atoms with Gasteiger partial charge in [-0.3, -0.25) is 4.90 Å².